The Morgan fingerprint density at radius 3 is 2.67 bits per heavy atom. The summed E-state index contributed by atoms with van der Waals surface area (Å²) in [5, 5.41) is 3.47. The van der Waals surface area contributed by atoms with E-state index in [1.54, 1.807) is 0 Å². The molecule has 3 rings (SSSR count). The summed E-state index contributed by atoms with van der Waals surface area (Å²) in [4.78, 5) is 14.4. The monoisotopic (exact) mass is 288 g/mol. The third kappa shape index (κ3) is 4.46. The molecule has 1 heterocycles. The lowest BCUT2D eigenvalue weighted by Crippen LogP contribution is -2.44. The predicted molar refractivity (Wildman–Crippen MR) is 82.3 cm³/mol. The van der Waals surface area contributed by atoms with Crippen molar-refractivity contribution in [2.75, 3.05) is 26.2 Å². The summed E-state index contributed by atoms with van der Waals surface area (Å²) in [6, 6.07) is 10.0. The van der Waals surface area contributed by atoms with E-state index in [1.807, 2.05) is 35.2 Å². The fraction of sp³-hybridized carbons (Fsp3) is 0.588. The van der Waals surface area contributed by atoms with E-state index in [9.17, 15) is 4.79 Å². The minimum atomic E-state index is 0.111. The van der Waals surface area contributed by atoms with Gasteiger partial charge in [-0.1, -0.05) is 18.2 Å². The zero-order valence-corrected chi connectivity index (χ0v) is 12.5. The molecule has 21 heavy (non-hydrogen) atoms. The molecule has 1 amide bonds. The Hall–Kier alpha value is -1.55. The fourth-order valence-corrected chi connectivity index (χ4v) is 2.82. The van der Waals surface area contributed by atoms with Crippen LogP contribution in [-0.2, 0) is 4.79 Å². The third-order valence-electron chi connectivity index (χ3n) is 4.24. The SMILES string of the molecule is O=C(COc1ccccc1)N(CC1CC1)CC1CCCN1. The zero-order valence-electron chi connectivity index (χ0n) is 12.5. The highest BCUT2D eigenvalue weighted by atomic mass is 16.5. The molecule has 114 valence electrons. The first-order chi connectivity index (χ1) is 10.3. The van der Waals surface area contributed by atoms with Crippen molar-refractivity contribution >= 4 is 5.91 Å². The summed E-state index contributed by atoms with van der Waals surface area (Å²) in [5.41, 5.74) is 0. The van der Waals surface area contributed by atoms with Crippen molar-refractivity contribution in [1.82, 2.24) is 10.2 Å². The standard InChI is InChI=1S/C17H24N2O2/c20-17(13-21-16-6-2-1-3-7-16)19(11-14-8-9-14)12-15-5-4-10-18-15/h1-3,6-7,14-15,18H,4-5,8-13H2. The zero-order chi connectivity index (χ0) is 14.5. The number of ether oxygens (including phenoxy) is 1. The maximum Gasteiger partial charge on any atom is 0.260 e. The third-order valence-corrected chi connectivity index (χ3v) is 4.24. The van der Waals surface area contributed by atoms with Crippen LogP contribution in [0.15, 0.2) is 30.3 Å². The number of hydrogen-bond donors (Lipinski definition) is 1. The van der Waals surface area contributed by atoms with E-state index in [4.69, 9.17) is 4.74 Å². The average molecular weight is 288 g/mol. The number of para-hydroxylation sites is 1. The second kappa shape index (κ2) is 6.94. The fourth-order valence-electron chi connectivity index (χ4n) is 2.82. The van der Waals surface area contributed by atoms with Gasteiger partial charge in [-0.2, -0.15) is 0 Å². The second-order valence-corrected chi connectivity index (χ2v) is 6.14. The van der Waals surface area contributed by atoms with Crippen LogP contribution in [0.5, 0.6) is 5.75 Å². The van der Waals surface area contributed by atoms with Gasteiger partial charge in [0.25, 0.3) is 5.91 Å². The minimum Gasteiger partial charge on any atom is -0.484 e. The van der Waals surface area contributed by atoms with E-state index in [1.165, 1.54) is 25.7 Å². The Balaban J connectivity index is 1.52. The molecule has 4 heteroatoms. The summed E-state index contributed by atoms with van der Waals surface area (Å²) in [7, 11) is 0. The second-order valence-electron chi connectivity index (χ2n) is 6.14. The Labute approximate surface area is 126 Å². The number of amides is 1. The largest absolute Gasteiger partial charge is 0.484 e. The molecule has 1 saturated heterocycles. The minimum absolute atomic E-state index is 0.111. The molecule has 0 radical (unpaired) electrons. The highest BCUT2D eigenvalue weighted by molar-refractivity contribution is 5.77. The molecule has 1 unspecified atom stereocenters. The van der Waals surface area contributed by atoms with Crippen LogP contribution in [0.25, 0.3) is 0 Å². The van der Waals surface area contributed by atoms with E-state index < -0.39 is 0 Å². The van der Waals surface area contributed by atoms with Gasteiger partial charge in [-0.3, -0.25) is 4.79 Å². The summed E-state index contributed by atoms with van der Waals surface area (Å²) < 4.78 is 5.60. The normalized spacial score (nSPS) is 21.2. The molecule has 0 aromatic heterocycles. The highest BCUT2D eigenvalue weighted by Crippen LogP contribution is 2.30. The molecule has 1 aliphatic heterocycles. The van der Waals surface area contributed by atoms with Crippen LogP contribution in [0.2, 0.25) is 0 Å². The molecular weight excluding hydrogens is 264 g/mol. The van der Waals surface area contributed by atoms with Crippen LogP contribution in [0.3, 0.4) is 0 Å². The van der Waals surface area contributed by atoms with Crippen molar-refractivity contribution in [2.45, 2.75) is 31.7 Å². The maximum atomic E-state index is 12.4. The van der Waals surface area contributed by atoms with Crippen molar-refractivity contribution in [3.63, 3.8) is 0 Å². The predicted octanol–water partition coefficient (Wildman–Crippen LogP) is 2.06. The molecule has 1 aromatic rings. The molecule has 4 nitrogen and oxygen atoms in total. The van der Waals surface area contributed by atoms with Crippen molar-refractivity contribution < 1.29 is 9.53 Å². The van der Waals surface area contributed by atoms with E-state index in [0.717, 1.165) is 25.4 Å². The van der Waals surface area contributed by atoms with Crippen LogP contribution in [0, 0.1) is 5.92 Å². The average Bonchev–Trinajstić information content (AvgIpc) is 3.18. The lowest BCUT2D eigenvalue weighted by Gasteiger charge is -2.26. The topological polar surface area (TPSA) is 41.6 Å². The van der Waals surface area contributed by atoms with Gasteiger partial charge >= 0.3 is 0 Å². The van der Waals surface area contributed by atoms with E-state index in [2.05, 4.69) is 5.32 Å². The highest BCUT2D eigenvalue weighted by Gasteiger charge is 2.29. The smallest absolute Gasteiger partial charge is 0.260 e. The number of hydrogen-bond acceptors (Lipinski definition) is 3. The Morgan fingerprint density at radius 2 is 2.00 bits per heavy atom. The van der Waals surface area contributed by atoms with Crippen molar-refractivity contribution in [1.29, 1.82) is 0 Å². The summed E-state index contributed by atoms with van der Waals surface area (Å²) in [6.45, 7) is 2.95. The number of rotatable bonds is 7. The lowest BCUT2D eigenvalue weighted by molar-refractivity contribution is -0.134. The van der Waals surface area contributed by atoms with Crippen LogP contribution in [0.4, 0.5) is 0 Å². The van der Waals surface area contributed by atoms with E-state index in [0.29, 0.717) is 12.0 Å². The van der Waals surface area contributed by atoms with Crippen LogP contribution < -0.4 is 10.1 Å². The molecule has 1 saturated carbocycles. The van der Waals surface area contributed by atoms with E-state index >= 15 is 0 Å². The first kappa shape index (κ1) is 14.4. The number of carbonyl (C=O) groups excluding carboxylic acids is 1. The Kier molecular flexibility index (Phi) is 4.76. The molecule has 1 N–H and O–H groups in total. The Morgan fingerprint density at radius 1 is 1.19 bits per heavy atom. The van der Waals surface area contributed by atoms with E-state index in [-0.39, 0.29) is 12.5 Å². The number of carbonyl (C=O) groups is 1. The van der Waals surface area contributed by atoms with Gasteiger partial charge in [-0.25, -0.2) is 0 Å². The van der Waals surface area contributed by atoms with Crippen LogP contribution >= 0.6 is 0 Å². The number of benzene rings is 1. The van der Waals surface area contributed by atoms with Gasteiger partial charge in [0.15, 0.2) is 6.61 Å². The number of nitrogens with one attached hydrogen (secondary N) is 1. The number of nitrogens with zero attached hydrogens (tertiary/aromatic N) is 1. The molecule has 0 bridgehead atoms. The molecule has 2 aliphatic rings. The molecule has 0 spiro atoms. The quantitative estimate of drug-likeness (QED) is 0.835. The van der Waals surface area contributed by atoms with Gasteiger partial charge in [0.1, 0.15) is 5.75 Å². The van der Waals surface area contributed by atoms with Crippen molar-refractivity contribution in [3.8, 4) is 5.75 Å². The molecule has 2 fully saturated rings. The summed E-state index contributed by atoms with van der Waals surface area (Å²) in [6.07, 6.45) is 4.92. The maximum absolute atomic E-state index is 12.4. The van der Waals surface area contributed by atoms with Gasteiger partial charge < -0.3 is 15.0 Å². The molecule has 1 atom stereocenters. The molecule has 1 aromatic carbocycles. The molecular formula is C17H24N2O2. The lowest BCUT2D eigenvalue weighted by atomic mass is 10.2. The van der Waals surface area contributed by atoms with Gasteiger partial charge in [-0.05, 0) is 50.3 Å². The van der Waals surface area contributed by atoms with Gasteiger partial charge in [0.2, 0.25) is 0 Å². The van der Waals surface area contributed by atoms with Crippen molar-refractivity contribution in [3.05, 3.63) is 30.3 Å². The first-order valence-corrected chi connectivity index (χ1v) is 8.00. The Bertz CT molecular complexity index is 453. The van der Waals surface area contributed by atoms with Crippen molar-refractivity contribution in [2.24, 2.45) is 5.92 Å². The summed E-state index contributed by atoms with van der Waals surface area (Å²) >= 11 is 0. The van der Waals surface area contributed by atoms with Gasteiger partial charge in [0, 0.05) is 19.1 Å². The molecule has 1 aliphatic carbocycles. The van der Waals surface area contributed by atoms with Gasteiger partial charge in [0.05, 0.1) is 0 Å². The first-order valence-electron chi connectivity index (χ1n) is 8.00. The van der Waals surface area contributed by atoms with Crippen LogP contribution in [0.1, 0.15) is 25.7 Å². The van der Waals surface area contributed by atoms with Gasteiger partial charge in [-0.15, -0.1) is 0 Å². The summed E-state index contributed by atoms with van der Waals surface area (Å²) in [5.74, 6) is 1.59. The van der Waals surface area contributed by atoms with Crippen LogP contribution in [-0.4, -0.2) is 43.1 Å².